The number of nitrogens with two attached hydrogens (primary N) is 1. The predicted molar refractivity (Wildman–Crippen MR) is 60.1 cm³/mol. The molecule has 0 aliphatic heterocycles. The van der Waals surface area contributed by atoms with Gasteiger partial charge in [-0.25, -0.2) is 0 Å². The Kier molecular flexibility index (Phi) is 4.90. The molecular weight excluding hydrogens is 174 g/mol. The lowest BCUT2D eigenvalue weighted by atomic mass is 9.75. The summed E-state index contributed by atoms with van der Waals surface area (Å²) >= 11 is 0. The molecule has 0 spiro atoms. The predicted octanol–water partition coefficient (Wildman–Crippen LogP) is 2.45. The first-order valence-corrected chi connectivity index (χ1v) is 6.05. The van der Waals surface area contributed by atoms with Crippen LogP contribution in [0.25, 0.3) is 0 Å². The minimum atomic E-state index is -0.0272. The van der Waals surface area contributed by atoms with Crippen LogP contribution in [0.2, 0.25) is 0 Å². The highest BCUT2D eigenvalue weighted by Gasteiger charge is 2.30. The van der Waals surface area contributed by atoms with Gasteiger partial charge in [0.25, 0.3) is 0 Å². The van der Waals surface area contributed by atoms with Crippen molar-refractivity contribution in [2.45, 2.75) is 64.3 Å². The monoisotopic (exact) mass is 199 g/mol. The Morgan fingerprint density at radius 3 is 1.93 bits per heavy atom. The maximum absolute atomic E-state index is 9.16. The molecule has 1 fully saturated rings. The first-order valence-electron chi connectivity index (χ1n) is 6.05. The van der Waals surface area contributed by atoms with Crippen molar-refractivity contribution in [1.29, 1.82) is 0 Å². The third kappa shape index (κ3) is 3.25. The van der Waals surface area contributed by atoms with Crippen LogP contribution in [0.5, 0.6) is 0 Å². The minimum Gasteiger partial charge on any atom is -0.395 e. The Morgan fingerprint density at radius 2 is 1.50 bits per heavy atom. The van der Waals surface area contributed by atoms with Crippen molar-refractivity contribution < 1.29 is 5.11 Å². The standard InChI is InChI=1S/C12H25NO/c1-12(11(13)10-14)8-6-4-2-3-5-7-9-12/h11,14H,2-10,13H2,1H3. The molecule has 0 heterocycles. The second kappa shape index (κ2) is 5.72. The molecule has 0 aromatic heterocycles. The fourth-order valence-corrected chi connectivity index (χ4v) is 2.48. The van der Waals surface area contributed by atoms with Crippen molar-refractivity contribution in [2.75, 3.05) is 6.61 Å². The molecule has 0 saturated heterocycles. The van der Waals surface area contributed by atoms with E-state index in [0.29, 0.717) is 0 Å². The highest BCUT2D eigenvalue weighted by atomic mass is 16.3. The molecule has 1 atom stereocenters. The van der Waals surface area contributed by atoms with Gasteiger partial charge in [0.1, 0.15) is 0 Å². The summed E-state index contributed by atoms with van der Waals surface area (Å²) in [5, 5.41) is 9.16. The normalized spacial score (nSPS) is 25.9. The van der Waals surface area contributed by atoms with Gasteiger partial charge in [-0.15, -0.1) is 0 Å². The maximum Gasteiger partial charge on any atom is 0.0587 e. The summed E-state index contributed by atoms with van der Waals surface area (Å²) in [6.07, 6.45) is 10.4. The quantitative estimate of drug-likeness (QED) is 0.717. The van der Waals surface area contributed by atoms with Crippen LogP contribution in [-0.4, -0.2) is 17.8 Å². The van der Waals surface area contributed by atoms with E-state index in [9.17, 15) is 0 Å². The fraction of sp³-hybridized carbons (Fsp3) is 1.00. The molecule has 1 rings (SSSR count). The summed E-state index contributed by atoms with van der Waals surface area (Å²) in [5.41, 5.74) is 6.18. The van der Waals surface area contributed by atoms with Crippen LogP contribution in [0, 0.1) is 5.41 Å². The molecule has 2 nitrogen and oxygen atoms in total. The van der Waals surface area contributed by atoms with Crippen molar-refractivity contribution >= 4 is 0 Å². The lowest BCUT2D eigenvalue weighted by Crippen LogP contribution is -2.42. The van der Waals surface area contributed by atoms with Gasteiger partial charge in [-0.05, 0) is 18.3 Å². The summed E-state index contributed by atoms with van der Waals surface area (Å²) in [6, 6.07) is -0.0272. The summed E-state index contributed by atoms with van der Waals surface area (Å²) < 4.78 is 0. The first kappa shape index (κ1) is 12.0. The zero-order valence-electron chi connectivity index (χ0n) is 9.47. The number of rotatable bonds is 2. The van der Waals surface area contributed by atoms with Gasteiger partial charge in [0, 0.05) is 6.04 Å². The lowest BCUT2D eigenvalue weighted by molar-refractivity contribution is 0.136. The van der Waals surface area contributed by atoms with Gasteiger partial charge in [-0.2, -0.15) is 0 Å². The average Bonchev–Trinajstić information content (AvgIpc) is 2.30. The maximum atomic E-state index is 9.16. The van der Waals surface area contributed by atoms with E-state index in [1.54, 1.807) is 0 Å². The molecule has 0 bridgehead atoms. The Hall–Kier alpha value is -0.0800. The van der Waals surface area contributed by atoms with E-state index in [2.05, 4.69) is 6.92 Å². The van der Waals surface area contributed by atoms with Crippen LogP contribution < -0.4 is 5.73 Å². The van der Waals surface area contributed by atoms with E-state index in [-0.39, 0.29) is 18.1 Å². The van der Waals surface area contributed by atoms with Crippen LogP contribution in [0.15, 0.2) is 0 Å². The molecule has 1 saturated carbocycles. The summed E-state index contributed by atoms with van der Waals surface area (Å²) in [6.45, 7) is 2.38. The molecule has 1 aliphatic carbocycles. The van der Waals surface area contributed by atoms with E-state index in [4.69, 9.17) is 10.8 Å². The van der Waals surface area contributed by atoms with Crippen molar-refractivity contribution in [3.05, 3.63) is 0 Å². The molecule has 0 amide bonds. The van der Waals surface area contributed by atoms with E-state index < -0.39 is 0 Å². The lowest BCUT2D eigenvalue weighted by Gasteiger charge is -2.34. The van der Waals surface area contributed by atoms with Crippen molar-refractivity contribution in [3.8, 4) is 0 Å². The van der Waals surface area contributed by atoms with Crippen molar-refractivity contribution in [3.63, 3.8) is 0 Å². The first-order chi connectivity index (χ1) is 6.69. The zero-order chi connectivity index (χ0) is 10.4. The molecule has 0 radical (unpaired) electrons. The molecule has 14 heavy (non-hydrogen) atoms. The summed E-state index contributed by atoms with van der Waals surface area (Å²) in [4.78, 5) is 0. The SMILES string of the molecule is CC1(C(N)CO)CCCCCCCC1. The van der Waals surface area contributed by atoms with Gasteiger partial charge < -0.3 is 10.8 Å². The Labute approximate surface area is 87.9 Å². The third-order valence-electron chi connectivity index (χ3n) is 3.84. The topological polar surface area (TPSA) is 46.2 Å². The van der Waals surface area contributed by atoms with Crippen LogP contribution in [0.4, 0.5) is 0 Å². The van der Waals surface area contributed by atoms with Crippen molar-refractivity contribution in [1.82, 2.24) is 0 Å². The van der Waals surface area contributed by atoms with Gasteiger partial charge >= 0.3 is 0 Å². The van der Waals surface area contributed by atoms with Gasteiger partial charge in [0.05, 0.1) is 6.61 Å². The summed E-state index contributed by atoms with van der Waals surface area (Å²) in [7, 11) is 0. The van der Waals surface area contributed by atoms with Crippen LogP contribution in [-0.2, 0) is 0 Å². The number of hydrogen-bond acceptors (Lipinski definition) is 2. The minimum absolute atomic E-state index is 0.0272. The number of aliphatic hydroxyl groups excluding tert-OH is 1. The van der Waals surface area contributed by atoms with E-state index >= 15 is 0 Å². The molecule has 1 aliphatic rings. The fourth-order valence-electron chi connectivity index (χ4n) is 2.48. The highest BCUT2D eigenvalue weighted by molar-refractivity contribution is 4.85. The molecule has 2 heteroatoms. The van der Waals surface area contributed by atoms with E-state index in [1.807, 2.05) is 0 Å². The van der Waals surface area contributed by atoms with Crippen LogP contribution >= 0.6 is 0 Å². The molecule has 0 aromatic rings. The van der Waals surface area contributed by atoms with Gasteiger partial charge in [-0.3, -0.25) is 0 Å². The third-order valence-corrected chi connectivity index (χ3v) is 3.84. The highest BCUT2D eigenvalue weighted by Crippen LogP contribution is 2.35. The van der Waals surface area contributed by atoms with Crippen LogP contribution in [0.1, 0.15) is 58.3 Å². The van der Waals surface area contributed by atoms with Gasteiger partial charge in [0.15, 0.2) is 0 Å². The second-order valence-corrected chi connectivity index (χ2v) is 5.06. The van der Waals surface area contributed by atoms with E-state index in [0.717, 1.165) is 0 Å². The average molecular weight is 199 g/mol. The Bertz CT molecular complexity index is 148. The Morgan fingerprint density at radius 1 is 1.07 bits per heavy atom. The molecule has 3 N–H and O–H groups in total. The molecule has 1 unspecified atom stereocenters. The van der Waals surface area contributed by atoms with Crippen molar-refractivity contribution in [2.24, 2.45) is 11.1 Å². The zero-order valence-corrected chi connectivity index (χ0v) is 9.47. The van der Waals surface area contributed by atoms with Gasteiger partial charge in [-0.1, -0.05) is 45.4 Å². The van der Waals surface area contributed by atoms with E-state index in [1.165, 1.54) is 51.4 Å². The van der Waals surface area contributed by atoms with Crippen LogP contribution in [0.3, 0.4) is 0 Å². The molecule has 84 valence electrons. The number of aliphatic hydroxyl groups is 1. The number of hydrogen-bond donors (Lipinski definition) is 2. The molecule has 0 aromatic carbocycles. The van der Waals surface area contributed by atoms with Gasteiger partial charge in [0.2, 0.25) is 0 Å². The second-order valence-electron chi connectivity index (χ2n) is 5.06. The smallest absolute Gasteiger partial charge is 0.0587 e. The largest absolute Gasteiger partial charge is 0.395 e. The Balaban J connectivity index is 2.52. The summed E-state index contributed by atoms with van der Waals surface area (Å²) in [5.74, 6) is 0. The molecular formula is C12H25NO.